The molecule has 2 unspecified atom stereocenters. The van der Waals surface area contributed by atoms with E-state index in [9.17, 15) is 4.79 Å². The SMILES string of the molecule is CN1CCOc2cc(CNC3CC3c3ccc(C(=O)NCc4ccccc4)cc3)ccc21. The summed E-state index contributed by atoms with van der Waals surface area (Å²) in [5.41, 5.74) is 5.50. The molecule has 1 aliphatic heterocycles. The van der Waals surface area contributed by atoms with Gasteiger partial charge in [0.05, 0.1) is 12.2 Å². The lowest BCUT2D eigenvalue weighted by atomic mass is 10.1. The first kappa shape index (κ1) is 20.6. The lowest BCUT2D eigenvalue weighted by Crippen LogP contribution is -2.28. The normalized spacial score (nSPS) is 19.1. The van der Waals surface area contributed by atoms with Crippen LogP contribution in [0.3, 0.4) is 0 Å². The smallest absolute Gasteiger partial charge is 0.251 e. The summed E-state index contributed by atoms with van der Waals surface area (Å²) >= 11 is 0. The quantitative estimate of drug-likeness (QED) is 0.596. The van der Waals surface area contributed by atoms with Crippen LogP contribution in [0.25, 0.3) is 0 Å². The number of likely N-dealkylation sites (N-methyl/N-ethyl adjacent to an activating group) is 1. The molecule has 2 aliphatic rings. The van der Waals surface area contributed by atoms with Gasteiger partial charge in [-0.2, -0.15) is 0 Å². The molecule has 32 heavy (non-hydrogen) atoms. The second-order valence-electron chi connectivity index (χ2n) is 8.69. The largest absolute Gasteiger partial charge is 0.490 e. The van der Waals surface area contributed by atoms with Crippen molar-refractivity contribution in [3.05, 3.63) is 95.1 Å². The average Bonchev–Trinajstić information content (AvgIpc) is 3.62. The van der Waals surface area contributed by atoms with Crippen LogP contribution in [0, 0.1) is 0 Å². The van der Waals surface area contributed by atoms with E-state index in [1.165, 1.54) is 11.1 Å². The van der Waals surface area contributed by atoms with Crippen molar-refractivity contribution in [3.63, 3.8) is 0 Å². The van der Waals surface area contributed by atoms with Crippen LogP contribution in [0.4, 0.5) is 5.69 Å². The van der Waals surface area contributed by atoms with Gasteiger partial charge in [-0.1, -0.05) is 48.5 Å². The van der Waals surface area contributed by atoms with Gasteiger partial charge < -0.3 is 20.3 Å². The zero-order valence-electron chi connectivity index (χ0n) is 18.4. The first-order valence-electron chi connectivity index (χ1n) is 11.3. The molecule has 1 saturated carbocycles. The van der Waals surface area contributed by atoms with Crippen LogP contribution in [0.5, 0.6) is 5.75 Å². The number of rotatable bonds is 7. The van der Waals surface area contributed by atoms with Crippen LogP contribution >= 0.6 is 0 Å². The maximum Gasteiger partial charge on any atom is 0.251 e. The Morgan fingerprint density at radius 1 is 1.00 bits per heavy atom. The molecule has 0 radical (unpaired) electrons. The second kappa shape index (κ2) is 9.05. The van der Waals surface area contributed by atoms with Gasteiger partial charge in [-0.3, -0.25) is 4.79 Å². The van der Waals surface area contributed by atoms with Gasteiger partial charge >= 0.3 is 0 Å². The molecule has 1 heterocycles. The molecule has 1 amide bonds. The van der Waals surface area contributed by atoms with Crippen LogP contribution in [0.1, 0.15) is 39.4 Å². The summed E-state index contributed by atoms with van der Waals surface area (Å²) in [6.45, 7) is 3.05. The molecule has 0 saturated heterocycles. The Kier molecular flexibility index (Phi) is 5.82. The fraction of sp³-hybridized carbons (Fsp3) is 0.296. The molecule has 3 aromatic rings. The molecule has 0 aromatic heterocycles. The van der Waals surface area contributed by atoms with E-state index in [0.29, 0.717) is 24.1 Å². The Morgan fingerprint density at radius 3 is 2.62 bits per heavy atom. The van der Waals surface area contributed by atoms with E-state index in [1.807, 2.05) is 42.5 Å². The Hall–Kier alpha value is -3.31. The van der Waals surface area contributed by atoms with E-state index in [2.05, 4.69) is 52.9 Å². The molecule has 3 aromatic carbocycles. The summed E-state index contributed by atoms with van der Waals surface area (Å²) in [4.78, 5) is 14.7. The minimum Gasteiger partial charge on any atom is -0.490 e. The van der Waals surface area contributed by atoms with Gasteiger partial charge in [0, 0.05) is 37.7 Å². The standard InChI is InChI=1S/C27H29N3O2/c1-30-13-14-32-26-15-20(7-12-25(26)30)18-28-24-16-23(24)21-8-10-22(11-9-21)27(31)29-17-19-5-3-2-4-6-19/h2-12,15,23-24,28H,13-14,16-18H2,1H3,(H,29,31). The fourth-order valence-electron chi connectivity index (χ4n) is 4.31. The fourth-order valence-corrected chi connectivity index (χ4v) is 4.31. The first-order valence-corrected chi connectivity index (χ1v) is 11.3. The molecule has 1 aliphatic carbocycles. The van der Waals surface area contributed by atoms with E-state index in [-0.39, 0.29) is 5.91 Å². The Balaban J connectivity index is 1.12. The predicted octanol–water partition coefficient (Wildman–Crippen LogP) is 4.09. The number of carbonyl (C=O) groups excluding carboxylic acids is 1. The van der Waals surface area contributed by atoms with Gasteiger partial charge in [0.15, 0.2) is 0 Å². The second-order valence-corrected chi connectivity index (χ2v) is 8.69. The summed E-state index contributed by atoms with van der Waals surface area (Å²) in [6.07, 6.45) is 1.13. The summed E-state index contributed by atoms with van der Waals surface area (Å²) in [7, 11) is 2.10. The molecule has 164 valence electrons. The van der Waals surface area contributed by atoms with E-state index in [0.717, 1.165) is 43.1 Å². The molecule has 1 fully saturated rings. The number of nitrogens with one attached hydrogen (secondary N) is 2. The molecule has 0 spiro atoms. The van der Waals surface area contributed by atoms with Crippen molar-refractivity contribution < 1.29 is 9.53 Å². The molecule has 2 N–H and O–H groups in total. The summed E-state index contributed by atoms with van der Waals surface area (Å²) in [5.74, 6) is 1.45. The number of fused-ring (bicyclic) bond motifs is 1. The Labute approximate surface area is 189 Å². The van der Waals surface area contributed by atoms with E-state index >= 15 is 0 Å². The number of nitrogens with zero attached hydrogens (tertiary/aromatic N) is 1. The minimum absolute atomic E-state index is 0.0360. The number of amides is 1. The molecule has 0 bridgehead atoms. The predicted molar refractivity (Wildman–Crippen MR) is 127 cm³/mol. The zero-order valence-corrected chi connectivity index (χ0v) is 18.4. The van der Waals surface area contributed by atoms with Crippen molar-refractivity contribution in [2.24, 2.45) is 0 Å². The van der Waals surface area contributed by atoms with Gasteiger partial charge in [-0.25, -0.2) is 0 Å². The van der Waals surface area contributed by atoms with E-state index < -0.39 is 0 Å². The molecular formula is C27H29N3O2. The van der Waals surface area contributed by atoms with E-state index in [4.69, 9.17) is 4.74 Å². The highest BCUT2D eigenvalue weighted by molar-refractivity contribution is 5.94. The van der Waals surface area contributed by atoms with Gasteiger partial charge in [0.1, 0.15) is 12.4 Å². The van der Waals surface area contributed by atoms with Crippen LogP contribution in [-0.2, 0) is 13.1 Å². The third-order valence-electron chi connectivity index (χ3n) is 6.38. The van der Waals surface area contributed by atoms with Crippen LogP contribution < -0.4 is 20.3 Å². The van der Waals surface area contributed by atoms with Crippen molar-refractivity contribution in [3.8, 4) is 5.75 Å². The molecule has 5 heteroatoms. The van der Waals surface area contributed by atoms with Gasteiger partial charge in [0.25, 0.3) is 5.91 Å². The average molecular weight is 428 g/mol. The van der Waals surface area contributed by atoms with Crippen molar-refractivity contribution in [1.82, 2.24) is 10.6 Å². The van der Waals surface area contributed by atoms with Crippen molar-refractivity contribution >= 4 is 11.6 Å². The Morgan fingerprint density at radius 2 is 1.81 bits per heavy atom. The maximum atomic E-state index is 12.4. The summed E-state index contributed by atoms with van der Waals surface area (Å²) < 4.78 is 5.82. The zero-order chi connectivity index (χ0) is 21.9. The van der Waals surface area contributed by atoms with Gasteiger partial charge in [-0.15, -0.1) is 0 Å². The molecule has 2 atom stereocenters. The van der Waals surface area contributed by atoms with Crippen LogP contribution in [0.2, 0.25) is 0 Å². The maximum absolute atomic E-state index is 12.4. The van der Waals surface area contributed by atoms with Crippen LogP contribution in [0.15, 0.2) is 72.8 Å². The monoisotopic (exact) mass is 427 g/mol. The number of carbonyl (C=O) groups is 1. The number of hydrogen-bond acceptors (Lipinski definition) is 4. The third kappa shape index (κ3) is 4.63. The first-order chi connectivity index (χ1) is 15.7. The highest BCUT2D eigenvalue weighted by Gasteiger charge is 2.37. The lowest BCUT2D eigenvalue weighted by Gasteiger charge is -2.28. The Bertz CT molecular complexity index is 1080. The molecule has 5 nitrogen and oxygen atoms in total. The molecular weight excluding hydrogens is 398 g/mol. The van der Waals surface area contributed by atoms with Crippen molar-refractivity contribution in [2.45, 2.75) is 31.5 Å². The highest BCUT2D eigenvalue weighted by atomic mass is 16.5. The van der Waals surface area contributed by atoms with Gasteiger partial charge in [-0.05, 0) is 47.4 Å². The number of benzene rings is 3. The third-order valence-corrected chi connectivity index (χ3v) is 6.38. The summed E-state index contributed by atoms with van der Waals surface area (Å²) in [6, 6.07) is 25.0. The number of anilines is 1. The summed E-state index contributed by atoms with van der Waals surface area (Å²) in [5, 5.41) is 6.65. The van der Waals surface area contributed by atoms with Crippen molar-refractivity contribution in [2.75, 3.05) is 25.1 Å². The van der Waals surface area contributed by atoms with E-state index in [1.54, 1.807) is 0 Å². The molecule has 5 rings (SSSR count). The number of hydrogen-bond donors (Lipinski definition) is 2. The lowest BCUT2D eigenvalue weighted by molar-refractivity contribution is 0.0951. The topological polar surface area (TPSA) is 53.6 Å². The van der Waals surface area contributed by atoms with Gasteiger partial charge in [0.2, 0.25) is 0 Å². The number of ether oxygens (including phenoxy) is 1. The highest BCUT2D eigenvalue weighted by Crippen LogP contribution is 2.41. The van der Waals surface area contributed by atoms with Crippen LogP contribution in [-0.4, -0.2) is 32.1 Å². The van der Waals surface area contributed by atoms with Crippen molar-refractivity contribution in [1.29, 1.82) is 0 Å². The minimum atomic E-state index is -0.0360.